The highest BCUT2D eigenvalue weighted by Crippen LogP contribution is 2.20. The minimum atomic E-state index is 0.339. The molecule has 0 fully saturated rings. The van der Waals surface area contributed by atoms with E-state index in [0.717, 1.165) is 17.8 Å². The van der Waals surface area contributed by atoms with Crippen LogP contribution in [-0.4, -0.2) is 5.11 Å². The van der Waals surface area contributed by atoms with Gasteiger partial charge < -0.3 is 10.4 Å². The third-order valence-corrected chi connectivity index (χ3v) is 2.81. The topological polar surface area (TPSA) is 32.3 Å². The van der Waals surface area contributed by atoms with Crippen molar-refractivity contribution in [1.82, 2.24) is 0 Å². The maximum atomic E-state index is 9.43. The second kappa shape index (κ2) is 4.91. The molecule has 17 heavy (non-hydrogen) atoms. The quantitative estimate of drug-likeness (QED) is 0.785. The fourth-order valence-corrected chi connectivity index (χ4v) is 1.68. The molecule has 2 aromatic carbocycles. The van der Waals surface area contributed by atoms with Crippen molar-refractivity contribution in [3.8, 4) is 5.75 Å². The van der Waals surface area contributed by atoms with Gasteiger partial charge in [0, 0.05) is 12.2 Å². The third kappa shape index (κ3) is 3.00. The average Bonchev–Trinajstić information content (AvgIpc) is 2.33. The minimum absolute atomic E-state index is 0.339. The number of phenolic OH excluding ortho intramolecular Hbond substituents is 1. The van der Waals surface area contributed by atoms with Crippen molar-refractivity contribution >= 4 is 5.69 Å². The molecule has 0 saturated heterocycles. The molecule has 0 spiro atoms. The summed E-state index contributed by atoms with van der Waals surface area (Å²) in [6.45, 7) is 4.78. The van der Waals surface area contributed by atoms with E-state index in [4.69, 9.17) is 0 Å². The summed E-state index contributed by atoms with van der Waals surface area (Å²) in [5.41, 5.74) is 4.44. The van der Waals surface area contributed by atoms with Crippen LogP contribution in [0.3, 0.4) is 0 Å². The van der Waals surface area contributed by atoms with Crippen molar-refractivity contribution in [2.75, 3.05) is 5.32 Å². The number of nitrogens with one attached hydrogen (secondary N) is 1. The van der Waals surface area contributed by atoms with Gasteiger partial charge in [-0.1, -0.05) is 29.8 Å². The number of anilines is 1. The molecule has 88 valence electrons. The predicted molar refractivity (Wildman–Crippen MR) is 71.3 cm³/mol. The van der Waals surface area contributed by atoms with Crippen LogP contribution >= 0.6 is 0 Å². The van der Waals surface area contributed by atoms with E-state index in [2.05, 4.69) is 36.5 Å². The van der Waals surface area contributed by atoms with Gasteiger partial charge in [0.2, 0.25) is 0 Å². The molecule has 0 aliphatic rings. The molecule has 0 radical (unpaired) electrons. The first-order valence-corrected chi connectivity index (χ1v) is 5.74. The summed E-state index contributed by atoms with van der Waals surface area (Å²) >= 11 is 0. The van der Waals surface area contributed by atoms with Crippen molar-refractivity contribution in [2.45, 2.75) is 20.4 Å². The van der Waals surface area contributed by atoms with Gasteiger partial charge in [-0.3, -0.25) is 0 Å². The van der Waals surface area contributed by atoms with Gasteiger partial charge in [0.25, 0.3) is 0 Å². The molecule has 0 bridgehead atoms. The van der Waals surface area contributed by atoms with Gasteiger partial charge in [-0.15, -0.1) is 0 Å². The summed E-state index contributed by atoms with van der Waals surface area (Å²) in [5, 5.41) is 12.8. The Morgan fingerprint density at radius 3 is 2.35 bits per heavy atom. The van der Waals surface area contributed by atoms with Crippen molar-refractivity contribution in [2.24, 2.45) is 0 Å². The predicted octanol–water partition coefficient (Wildman–Crippen LogP) is 3.62. The van der Waals surface area contributed by atoms with E-state index in [0.29, 0.717) is 5.75 Å². The van der Waals surface area contributed by atoms with E-state index < -0.39 is 0 Å². The van der Waals surface area contributed by atoms with Gasteiger partial charge in [-0.25, -0.2) is 0 Å². The van der Waals surface area contributed by atoms with Gasteiger partial charge >= 0.3 is 0 Å². The molecule has 0 amide bonds. The third-order valence-electron chi connectivity index (χ3n) is 2.81. The molecule has 2 N–H and O–H groups in total. The van der Waals surface area contributed by atoms with E-state index in [9.17, 15) is 5.11 Å². The van der Waals surface area contributed by atoms with Crippen LogP contribution in [0.2, 0.25) is 0 Å². The monoisotopic (exact) mass is 227 g/mol. The molecule has 2 heteroatoms. The fraction of sp³-hybridized carbons (Fsp3) is 0.200. The van der Waals surface area contributed by atoms with Gasteiger partial charge in [-0.05, 0) is 43.2 Å². The first-order chi connectivity index (χ1) is 8.15. The molecule has 0 aliphatic carbocycles. The average molecular weight is 227 g/mol. The van der Waals surface area contributed by atoms with Crippen molar-refractivity contribution in [3.63, 3.8) is 0 Å². The Morgan fingerprint density at radius 2 is 1.71 bits per heavy atom. The first-order valence-electron chi connectivity index (χ1n) is 5.74. The Bertz CT molecular complexity index is 503. The van der Waals surface area contributed by atoms with Crippen LogP contribution in [0.1, 0.15) is 16.7 Å². The molecule has 0 saturated carbocycles. The maximum absolute atomic E-state index is 9.43. The summed E-state index contributed by atoms with van der Waals surface area (Å²) in [6, 6.07) is 14.0. The van der Waals surface area contributed by atoms with Gasteiger partial charge in [0.1, 0.15) is 5.75 Å². The Kier molecular flexibility index (Phi) is 3.33. The standard InChI is InChI=1S/C15H17NO/c1-11-3-5-13(6-4-11)10-16-14-7-8-15(17)12(2)9-14/h3-9,16-17H,10H2,1-2H3. The van der Waals surface area contributed by atoms with E-state index in [-0.39, 0.29) is 0 Å². The summed E-state index contributed by atoms with van der Waals surface area (Å²) in [7, 11) is 0. The molecule has 0 aliphatic heterocycles. The summed E-state index contributed by atoms with van der Waals surface area (Å²) in [6.07, 6.45) is 0. The Balaban J connectivity index is 2.02. The molecule has 0 aromatic heterocycles. The van der Waals surface area contributed by atoms with Crippen LogP contribution < -0.4 is 5.32 Å². The van der Waals surface area contributed by atoms with Gasteiger partial charge in [-0.2, -0.15) is 0 Å². The van der Waals surface area contributed by atoms with E-state index >= 15 is 0 Å². The molecule has 0 atom stereocenters. The smallest absolute Gasteiger partial charge is 0.118 e. The van der Waals surface area contributed by atoms with E-state index in [1.54, 1.807) is 6.07 Å². The second-order valence-electron chi connectivity index (χ2n) is 4.34. The summed E-state index contributed by atoms with van der Waals surface area (Å²) < 4.78 is 0. The number of benzene rings is 2. The largest absolute Gasteiger partial charge is 0.508 e. The van der Waals surface area contributed by atoms with Gasteiger partial charge in [0.05, 0.1) is 0 Å². The van der Waals surface area contributed by atoms with E-state index in [1.165, 1.54) is 11.1 Å². The number of hydrogen-bond donors (Lipinski definition) is 2. The number of aryl methyl sites for hydroxylation is 2. The summed E-state index contributed by atoms with van der Waals surface area (Å²) in [5.74, 6) is 0.339. The van der Waals surface area contributed by atoms with Crippen LogP contribution in [-0.2, 0) is 6.54 Å². The number of rotatable bonds is 3. The molecule has 2 rings (SSSR count). The van der Waals surface area contributed by atoms with Crippen molar-refractivity contribution < 1.29 is 5.11 Å². The lowest BCUT2D eigenvalue weighted by molar-refractivity contribution is 0.471. The lowest BCUT2D eigenvalue weighted by Crippen LogP contribution is -1.99. The van der Waals surface area contributed by atoms with E-state index in [1.807, 2.05) is 19.1 Å². The Morgan fingerprint density at radius 1 is 1.00 bits per heavy atom. The number of hydrogen-bond acceptors (Lipinski definition) is 2. The number of aromatic hydroxyl groups is 1. The Labute approximate surface area is 102 Å². The normalized spacial score (nSPS) is 10.2. The lowest BCUT2D eigenvalue weighted by atomic mass is 10.1. The zero-order valence-electron chi connectivity index (χ0n) is 10.2. The summed E-state index contributed by atoms with van der Waals surface area (Å²) in [4.78, 5) is 0. The van der Waals surface area contributed by atoms with Crippen molar-refractivity contribution in [1.29, 1.82) is 0 Å². The van der Waals surface area contributed by atoms with Crippen LogP contribution in [0.15, 0.2) is 42.5 Å². The highest BCUT2D eigenvalue weighted by Gasteiger charge is 1.98. The highest BCUT2D eigenvalue weighted by atomic mass is 16.3. The van der Waals surface area contributed by atoms with Crippen LogP contribution in [0.5, 0.6) is 5.75 Å². The highest BCUT2D eigenvalue weighted by molar-refractivity contribution is 5.50. The van der Waals surface area contributed by atoms with Crippen LogP contribution in [0.4, 0.5) is 5.69 Å². The molecular weight excluding hydrogens is 210 g/mol. The maximum Gasteiger partial charge on any atom is 0.118 e. The lowest BCUT2D eigenvalue weighted by Gasteiger charge is -2.08. The number of phenols is 1. The fourth-order valence-electron chi connectivity index (χ4n) is 1.68. The molecule has 0 unspecified atom stereocenters. The minimum Gasteiger partial charge on any atom is -0.508 e. The molecule has 2 nitrogen and oxygen atoms in total. The van der Waals surface area contributed by atoms with Crippen LogP contribution in [0.25, 0.3) is 0 Å². The van der Waals surface area contributed by atoms with Crippen molar-refractivity contribution in [3.05, 3.63) is 59.2 Å². The van der Waals surface area contributed by atoms with Gasteiger partial charge in [0.15, 0.2) is 0 Å². The second-order valence-corrected chi connectivity index (χ2v) is 4.34. The Hall–Kier alpha value is -1.96. The molecule has 2 aromatic rings. The zero-order valence-corrected chi connectivity index (χ0v) is 10.2. The zero-order chi connectivity index (χ0) is 12.3. The molecular formula is C15H17NO. The molecule has 0 heterocycles. The van der Waals surface area contributed by atoms with Crippen LogP contribution in [0, 0.1) is 13.8 Å². The SMILES string of the molecule is Cc1ccc(CNc2ccc(O)c(C)c2)cc1. The first kappa shape index (κ1) is 11.5.